The largest absolute Gasteiger partial charge is 0.350 e. The first-order chi connectivity index (χ1) is 10.7. The van der Waals surface area contributed by atoms with Crippen LogP contribution in [0.1, 0.15) is 34.1 Å². The van der Waals surface area contributed by atoms with Crippen LogP contribution in [0.3, 0.4) is 0 Å². The molecule has 7 heteroatoms. The van der Waals surface area contributed by atoms with Crippen molar-refractivity contribution in [2.24, 2.45) is 0 Å². The zero-order valence-electron chi connectivity index (χ0n) is 14.1. The highest BCUT2D eigenvalue weighted by atomic mass is 16.6. The minimum absolute atomic E-state index is 0.0838. The summed E-state index contributed by atoms with van der Waals surface area (Å²) in [4.78, 5) is 28.7. The highest BCUT2D eigenvalue weighted by molar-refractivity contribution is 5.85. The average molecular weight is 320 g/mol. The molecule has 0 saturated heterocycles. The van der Waals surface area contributed by atoms with Gasteiger partial charge in [-0.15, -0.1) is 6.58 Å². The van der Waals surface area contributed by atoms with Crippen molar-refractivity contribution in [2.75, 3.05) is 11.4 Å². The van der Waals surface area contributed by atoms with Crippen LogP contribution in [0.15, 0.2) is 31.0 Å². The normalized spacial score (nSPS) is 12.3. The fourth-order valence-corrected chi connectivity index (χ4v) is 2.18. The maximum atomic E-state index is 12.5. The third-order valence-corrected chi connectivity index (χ3v) is 3.13. The highest BCUT2D eigenvalue weighted by Gasteiger charge is 2.27. The van der Waals surface area contributed by atoms with E-state index in [1.807, 2.05) is 27.7 Å². The van der Waals surface area contributed by atoms with Gasteiger partial charge < -0.3 is 10.2 Å². The summed E-state index contributed by atoms with van der Waals surface area (Å²) in [6, 6.07) is 2.50. The van der Waals surface area contributed by atoms with Crippen LogP contribution in [0.25, 0.3) is 0 Å². The lowest BCUT2D eigenvalue weighted by Gasteiger charge is -2.32. The molecule has 1 N–H and O–H groups in total. The number of aromatic nitrogens is 1. The van der Waals surface area contributed by atoms with Gasteiger partial charge in [0.15, 0.2) is 0 Å². The standard InChI is InChI=1S/C16H24N4O3/c1-6-10-19(13(7-2)15(21)18-16(3,4)5)14-9-8-12(11-17-14)20(22)23/h6,8-9,11,13H,1,7,10H2,2-5H3,(H,18,21). The second-order valence-electron chi connectivity index (χ2n) is 6.24. The number of pyridine rings is 1. The third kappa shape index (κ3) is 5.36. The van der Waals surface area contributed by atoms with Crippen LogP contribution in [0.4, 0.5) is 11.5 Å². The Labute approximate surface area is 136 Å². The molecule has 1 unspecified atom stereocenters. The van der Waals surface area contributed by atoms with Crippen LogP contribution in [0.5, 0.6) is 0 Å². The quantitative estimate of drug-likeness (QED) is 0.474. The van der Waals surface area contributed by atoms with Gasteiger partial charge in [-0.05, 0) is 33.3 Å². The maximum absolute atomic E-state index is 12.5. The van der Waals surface area contributed by atoms with Gasteiger partial charge in [0.1, 0.15) is 18.1 Å². The highest BCUT2D eigenvalue weighted by Crippen LogP contribution is 2.20. The molecule has 0 fully saturated rings. The first kappa shape index (κ1) is 18.6. The van der Waals surface area contributed by atoms with E-state index in [4.69, 9.17) is 0 Å². The molecule has 0 saturated carbocycles. The molecular weight excluding hydrogens is 296 g/mol. The van der Waals surface area contributed by atoms with E-state index in [0.717, 1.165) is 0 Å². The minimum Gasteiger partial charge on any atom is -0.350 e. The Morgan fingerprint density at radius 2 is 2.17 bits per heavy atom. The van der Waals surface area contributed by atoms with E-state index in [0.29, 0.717) is 18.8 Å². The molecule has 1 atom stereocenters. The van der Waals surface area contributed by atoms with Crippen molar-refractivity contribution in [3.05, 3.63) is 41.1 Å². The lowest BCUT2D eigenvalue weighted by molar-refractivity contribution is -0.385. The minimum atomic E-state index is -0.502. The molecule has 0 aliphatic carbocycles. The van der Waals surface area contributed by atoms with Crippen molar-refractivity contribution in [2.45, 2.75) is 45.7 Å². The van der Waals surface area contributed by atoms with Crippen molar-refractivity contribution < 1.29 is 9.72 Å². The molecule has 0 spiro atoms. The van der Waals surface area contributed by atoms with Gasteiger partial charge in [-0.3, -0.25) is 14.9 Å². The summed E-state index contributed by atoms with van der Waals surface area (Å²) >= 11 is 0. The zero-order chi connectivity index (χ0) is 17.6. The molecule has 0 aromatic carbocycles. The molecule has 1 aromatic rings. The summed E-state index contributed by atoms with van der Waals surface area (Å²) < 4.78 is 0. The van der Waals surface area contributed by atoms with E-state index in [-0.39, 0.29) is 17.1 Å². The Kier molecular flexibility index (Phi) is 6.24. The van der Waals surface area contributed by atoms with Crippen LogP contribution in [-0.4, -0.2) is 33.9 Å². The summed E-state index contributed by atoms with van der Waals surface area (Å²) in [6.45, 7) is 11.8. The summed E-state index contributed by atoms with van der Waals surface area (Å²) in [5.74, 6) is 0.397. The predicted octanol–water partition coefficient (Wildman–Crippen LogP) is 2.68. The number of carbonyl (C=O) groups is 1. The lowest BCUT2D eigenvalue weighted by Crippen LogP contribution is -2.52. The summed E-state index contributed by atoms with van der Waals surface area (Å²) in [5.41, 5.74) is -0.424. The predicted molar refractivity (Wildman–Crippen MR) is 90.4 cm³/mol. The number of nitro groups is 1. The van der Waals surface area contributed by atoms with Gasteiger partial charge in [0, 0.05) is 18.2 Å². The van der Waals surface area contributed by atoms with Gasteiger partial charge in [0.25, 0.3) is 5.69 Å². The van der Waals surface area contributed by atoms with Gasteiger partial charge in [0.05, 0.1) is 4.92 Å². The van der Waals surface area contributed by atoms with E-state index >= 15 is 0 Å². The smallest absolute Gasteiger partial charge is 0.287 e. The van der Waals surface area contributed by atoms with Crippen LogP contribution < -0.4 is 10.2 Å². The topological polar surface area (TPSA) is 88.4 Å². The molecule has 1 amide bonds. The van der Waals surface area contributed by atoms with Crippen LogP contribution in [0.2, 0.25) is 0 Å². The van der Waals surface area contributed by atoms with Crippen LogP contribution in [-0.2, 0) is 4.79 Å². The van der Waals surface area contributed by atoms with Gasteiger partial charge in [-0.25, -0.2) is 4.98 Å². The monoisotopic (exact) mass is 320 g/mol. The molecule has 126 valence electrons. The zero-order valence-corrected chi connectivity index (χ0v) is 14.1. The Hall–Kier alpha value is -2.44. The fourth-order valence-electron chi connectivity index (χ4n) is 2.18. The molecule has 0 bridgehead atoms. The Balaban J connectivity index is 3.08. The Morgan fingerprint density at radius 3 is 2.57 bits per heavy atom. The molecule has 1 heterocycles. The van der Waals surface area contributed by atoms with E-state index in [9.17, 15) is 14.9 Å². The Morgan fingerprint density at radius 1 is 1.52 bits per heavy atom. The van der Waals surface area contributed by atoms with Crippen molar-refractivity contribution in [1.82, 2.24) is 10.3 Å². The van der Waals surface area contributed by atoms with Crippen molar-refractivity contribution in [3.63, 3.8) is 0 Å². The van der Waals surface area contributed by atoms with Crippen molar-refractivity contribution in [1.29, 1.82) is 0 Å². The molecule has 0 radical (unpaired) electrons. The van der Waals surface area contributed by atoms with Gasteiger partial charge >= 0.3 is 0 Å². The number of nitrogens with one attached hydrogen (secondary N) is 1. The number of hydrogen-bond acceptors (Lipinski definition) is 5. The molecular formula is C16H24N4O3. The molecule has 0 aliphatic rings. The molecule has 1 rings (SSSR count). The van der Waals surface area contributed by atoms with Gasteiger partial charge in [0.2, 0.25) is 5.91 Å². The fraction of sp³-hybridized carbons (Fsp3) is 0.500. The summed E-state index contributed by atoms with van der Waals surface area (Å²) in [5, 5.41) is 13.7. The maximum Gasteiger partial charge on any atom is 0.287 e. The molecule has 7 nitrogen and oxygen atoms in total. The van der Waals surface area contributed by atoms with E-state index in [1.54, 1.807) is 17.0 Å². The summed E-state index contributed by atoms with van der Waals surface area (Å²) in [6.07, 6.45) is 3.45. The number of carbonyl (C=O) groups excluding carboxylic acids is 1. The average Bonchev–Trinajstić information content (AvgIpc) is 2.45. The second kappa shape index (κ2) is 7.71. The third-order valence-electron chi connectivity index (χ3n) is 3.13. The van der Waals surface area contributed by atoms with Crippen molar-refractivity contribution >= 4 is 17.4 Å². The number of hydrogen-bond donors (Lipinski definition) is 1. The van der Waals surface area contributed by atoms with Gasteiger partial charge in [-0.1, -0.05) is 13.0 Å². The lowest BCUT2D eigenvalue weighted by atomic mass is 10.1. The number of nitrogens with zero attached hydrogens (tertiary/aromatic N) is 3. The van der Waals surface area contributed by atoms with E-state index < -0.39 is 11.0 Å². The van der Waals surface area contributed by atoms with E-state index in [1.165, 1.54) is 12.3 Å². The molecule has 23 heavy (non-hydrogen) atoms. The van der Waals surface area contributed by atoms with Gasteiger partial charge in [-0.2, -0.15) is 0 Å². The Bertz CT molecular complexity index is 564. The second-order valence-corrected chi connectivity index (χ2v) is 6.24. The SMILES string of the molecule is C=CCN(c1ccc([N+](=O)[O-])cn1)C(CC)C(=O)NC(C)(C)C. The van der Waals surface area contributed by atoms with Crippen molar-refractivity contribution in [3.8, 4) is 0 Å². The number of rotatable bonds is 7. The number of amides is 1. The van der Waals surface area contributed by atoms with Crippen LogP contribution >= 0.6 is 0 Å². The van der Waals surface area contributed by atoms with E-state index in [2.05, 4.69) is 16.9 Å². The molecule has 1 aromatic heterocycles. The first-order valence-electron chi connectivity index (χ1n) is 7.49. The summed E-state index contributed by atoms with van der Waals surface area (Å²) in [7, 11) is 0. The number of anilines is 1. The van der Waals surface area contributed by atoms with Crippen LogP contribution in [0, 0.1) is 10.1 Å². The first-order valence-corrected chi connectivity index (χ1v) is 7.49. The molecule has 0 aliphatic heterocycles.